The molecular formula is C13H14FN3O. The van der Waals surface area contributed by atoms with Crippen molar-refractivity contribution >= 4 is 5.91 Å². The maximum Gasteiger partial charge on any atom is 0.227 e. The van der Waals surface area contributed by atoms with Gasteiger partial charge in [-0.05, 0) is 17.7 Å². The minimum atomic E-state index is -0.296. The molecule has 0 aliphatic heterocycles. The molecule has 1 N–H and O–H groups in total. The molecule has 94 valence electrons. The van der Waals surface area contributed by atoms with E-state index in [1.54, 1.807) is 36.5 Å². The average Bonchev–Trinajstić information content (AvgIpc) is 2.85. The molecule has 1 aromatic carbocycles. The van der Waals surface area contributed by atoms with Crippen LogP contribution in [0.25, 0.3) is 0 Å². The Kier molecular flexibility index (Phi) is 3.72. The molecule has 1 aromatic heterocycles. The van der Waals surface area contributed by atoms with Gasteiger partial charge in [0.25, 0.3) is 0 Å². The fourth-order valence-corrected chi connectivity index (χ4v) is 1.61. The lowest BCUT2D eigenvalue weighted by atomic mass is 10.1. The number of H-pyrrole nitrogens is 1. The van der Waals surface area contributed by atoms with E-state index in [4.69, 9.17) is 0 Å². The molecule has 0 spiro atoms. The Bertz CT molecular complexity index is 508. The molecule has 18 heavy (non-hydrogen) atoms. The summed E-state index contributed by atoms with van der Waals surface area (Å²) in [5.41, 5.74) is 0.799. The number of nitrogens with one attached hydrogen (secondary N) is 1. The number of aromatic nitrogens is 2. The maximum absolute atomic E-state index is 12.7. The van der Waals surface area contributed by atoms with Gasteiger partial charge in [-0.25, -0.2) is 9.37 Å². The van der Waals surface area contributed by atoms with Crippen LogP contribution in [0.2, 0.25) is 0 Å². The number of likely N-dealkylation sites (N-methyl/N-ethyl adjacent to an activating group) is 1. The van der Waals surface area contributed by atoms with E-state index < -0.39 is 0 Å². The maximum atomic E-state index is 12.7. The fraction of sp³-hybridized carbons (Fsp3) is 0.231. The topological polar surface area (TPSA) is 49.0 Å². The van der Waals surface area contributed by atoms with Gasteiger partial charge in [-0.3, -0.25) is 4.79 Å². The Morgan fingerprint density at radius 2 is 2.11 bits per heavy atom. The minimum absolute atomic E-state index is 0.0296. The molecule has 0 bridgehead atoms. The third kappa shape index (κ3) is 3.16. The quantitative estimate of drug-likeness (QED) is 0.894. The van der Waals surface area contributed by atoms with Crippen LogP contribution in [0.4, 0.5) is 4.39 Å². The Morgan fingerprint density at radius 3 is 2.72 bits per heavy atom. The van der Waals surface area contributed by atoms with Crippen molar-refractivity contribution in [1.29, 1.82) is 0 Å². The number of hydrogen-bond acceptors (Lipinski definition) is 2. The van der Waals surface area contributed by atoms with Gasteiger partial charge in [0.15, 0.2) is 0 Å². The monoisotopic (exact) mass is 247 g/mol. The Labute approximate surface area is 104 Å². The lowest BCUT2D eigenvalue weighted by Gasteiger charge is -2.15. The molecule has 0 saturated heterocycles. The summed E-state index contributed by atoms with van der Waals surface area (Å²) in [6, 6.07) is 5.95. The van der Waals surface area contributed by atoms with Crippen molar-refractivity contribution < 1.29 is 9.18 Å². The Hall–Kier alpha value is -2.17. The summed E-state index contributed by atoms with van der Waals surface area (Å²) in [7, 11) is 1.72. The number of hydrogen-bond donors (Lipinski definition) is 1. The number of rotatable bonds is 4. The van der Waals surface area contributed by atoms with Gasteiger partial charge in [-0.1, -0.05) is 12.1 Å². The van der Waals surface area contributed by atoms with Crippen molar-refractivity contribution in [3.63, 3.8) is 0 Å². The molecule has 0 radical (unpaired) electrons. The summed E-state index contributed by atoms with van der Waals surface area (Å²) in [6.07, 6.45) is 3.62. The second-order valence-electron chi connectivity index (χ2n) is 4.09. The van der Waals surface area contributed by atoms with Crippen LogP contribution in [0.1, 0.15) is 11.4 Å². The number of benzene rings is 1. The first-order valence-corrected chi connectivity index (χ1v) is 5.62. The number of nitrogens with zero attached hydrogens (tertiary/aromatic N) is 2. The van der Waals surface area contributed by atoms with E-state index in [0.717, 1.165) is 11.4 Å². The first-order chi connectivity index (χ1) is 8.65. The molecule has 1 amide bonds. The third-order valence-electron chi connectivity index (χ3n) is 2.64. The molecule has 0 fully saturated rings. The lowest BCUT2D eigenvalue weighted by Crippen LogP contribution is -2.28. The molecule has 0 aliphatic rings. The van der Waals surface area contributed by atoms with Crippen LogP contribution in [-0.2, 0) is 17.8 Å². The van der Waals surface area contributed by atoms with Gasteiger partial charge < -0.3 is 9.88 Å². The van der Waals surface area contributed by atoms with Gasteiger partial charge in [0.2, 0.25) is 5.91 Å². The highest BCUT2D eigenvalue weighted by Crippen LogP contribution is 2.06. The van der Waals surface area contributed by atoms with Crippen molar-refractivity contribution in [1.82, 2.24) is 14.9 Å². The van der Waals surface area contributed by atoms with Gasteiger partial charge in [0.05, 0.1) is 13.0 Å². The molecule has 1 heterocycles. The van der Waals surface area contributed by atoms with Crippen LogP contribution in [0.3, 0.4) is 0 Å². The van der Waals surface area contributed by atoms with Crippen molar-refractivity contribution in [2.75, 3.05) is 7.05 Å². The number of carbonyl (C=O) groups is 1. The average molecular weight is 247 g/mol. The van der Waals surface area contributed by atoms with E-state index in [1.807, 2.05) is 0 Å². The summed E-state index contributed by atoms with van der Waals surface area (Å²) in [4.78, 5) is 20.5. The molecule has 0 unspecified atom stereocenters. The van der Waals surface area contributed by atoms with E-state index in [2.05, 4.69) is 9.97 Å². The second kappa shape index (κ2) is 5.44. The van der Waals surface area contributed by atoms with Crippen LogP contribution in [0.15, 0.2) is 36.7 Å². The van der Waals surface area contributed by atoms with Crippen LogP contribution < -0.4 is 0 Å². The normalized spacial score (nSPS) is 10.3. The van der Waals surface area contributed by atoms with E-state index in [-0.39, 0.29) is 18.1 Å². The molecular weight excluding hydrogens is 233 g/mol. The fourth-order valence-electron chi connectivity index (χ4n) is 1.61. The molecule has 2 rings (SSSR count). The summed E-state index contributed by atoms with van der Waals surface area (Å²) in [5, 5.41) is 0. The van der Waals surface area contributed by atoms with E-state index in [9.17, 15) is 9.18 Å². The molecule has 4 nitrogen and oxygen atoms in total. The van der Waals surface area contributed by atoms with E-state index in [1.165, 1.54) is 12.1 Å². The predicted octanol–water partition coefficient (Wildman–Crippen LogP) is 1.75. The summed E-state index contributed by atoms with van der Waals surface area (Å²) < 4.78 is 12.7. The first kappa shape index (κ1) is 12.3. The third-order valence-corrected chi connectivity index (χ3v) is 2.64. The van der Waals surface area contributed by atoms with E-state index in [0.29, 0.717) is 6.54 Å². The lowest BCUT2D eigenvalue weighted by molar-refractivity contribution is -0.129. The van der Waals surface area contributed by atoms with Gasteiger partial charge in [-0.2, -0.15) is 0 Å². The van der Waals surface area contributed by atoms with Crippen LogP contribution >= 0.6 is 0 Å². The molecule has 2 aromatic rings. The van der Waals surface area contributed by atoms with Gasteiger partial charge in [0, 0.05) is 19.4 Å². The van der Waals surface area contributed by atoms with Gasteiger partial charge in [0.1, 0.15) is 11.6 Å². The van der Waals surface area contributed by atoms with Crippen LogP contribution in [0.5, 0.6) is 0 Å². The molecule has 0 saturated carbocycles. The zero-order chi connectivity index (χ0) is 13.0. The number of amides is 1. The smallest absolute Gasteiger partial charge is 0.227 e. The zero-order valence-corrected chi connectivity index (χ0v) is 10.1. The minimum Gasteiger partial charge on any atom is -0.347 e. The second-order valence-corrected chi connectivity index (χ2v) is 4.09. The van der Waals surface area contributed by atoms with Crippen LogP contribution in [-0.4, -0.2) is 27.8 Å². The summed E-state index contributed by atoms with van der Waals surface area (Å²) in [6.45, 7) is 0.438. The Morgan fingerprint density at radius 1 is 1.39 bits per heavy atom. The van der Waals surface area contributed by atoms with Gasteiger partial charge in [-0.15, -0.1) is 0 Å². The van der Waals surface area contributed by atoms with Crippen molar-refractivity contribution in [3.05, 3.63) is 53.9 Å². The zero-order valence-electron chi connectivity index (χ0n) is 10.1. The van der Waals surface area contributed by atoms with E-state index >= 15 is 0 Å². The van der Waals surface area contributed by atoms with Crippen molar-refractivity contribution in [2.24, 2.45) is 0 Å². The number of carbonyl (C=O) groups excluding carboxylic acids is 1. The van der Waals surface area contributed by atoms with Crippen molar-refractivity contribution in [2.45, 2.75) is 13.0 Å². The van der Waals surface area contributed by atoms with Crippen LogP contribution in [0, 0.1) is 5.82 Å². The highest BCUT2D eigenvalue weighted by Gasteiger charge is 2.11. The molecule has 0 atom stereocenters. The number of imidazole rings is 1. The first-order valence-electron chi connectivity index (χ1n) is 5.62. The number of aromatic amines is 1. The highest BCUT2D eigenvalue weighted by molar-refractivity contribution is 5.78. The number of halogens is 1. The predicted molar refractivity (Wildman–Crippen MR) is 65.2 cm³/mol. The summed E-state index contributed by atoms with van der Waals surface area (Å²) >= 11 is 0. The van der Waals surface area contributed by atoms with Gasteiger partial charge >= 0.3 is 0 Å². The SMILES string of the molecule is CN(Cc1ncc[nH]1)C(=O)Cc1ccc(F)cc1. The summed E-state index contributed by atoms with van der Waals surface area (Å²) in [5.74, 6) is 0.415. The standard InChI is InChI=1S/C13H14FN3O/c1-17(9-12-15-6-7-16-12)13(18)8-10-2-4-11(14)5-3-10/h2-7H,8-9H2,1H3,(H,15,16). The largest absolute Gasteiger partial charge is 0.347 e. The van der Waals surface area contributed by atoms with Crippen molar-refractivity contribution in [3.8, 4) is 0 Å². The molecule has 0 aliphatic carbocycles. The molecule has 5 heteroatoms. The Balaban J connectivity index is 1.93. The highest BCUT2D eigenvalue weighted by atomic mass is 19.1.